The Labute approximate surface area is 165 Å². The Morgan fingerprint density at radius 2 is 1.81 bits per heavy atom. The number of piperazine rings is 1. The molecule has 9 heteroatoms. The van der Waals surface area contributed by atoms with Gasteiger partial charge < -0.3 is 10.2 Å². The molecule has 1 aliphatic rings. The molecule has 1 aliphatic heterocycles. The maximum atomic E-state index is 12.8. The van der Waals surface area contributed by atoms with Crippen molar-refractivity contribution in [2.24, 2.45) is 5.92 Å². The summed E-state index contributed by atoms with van der Waals surface area (Å²) in [6.07, 6.45) is 0. The Bertz CT molecular complexity index is 748. The lowest BCUT2D eigenvalue weighted by Crippen LogP contribution is -3.19. The molecule has 0 aliphatic carbocycles. The third-order valence-corrected chi connectivity index (χ3v) is 7.22. The summed E-state index contributed by atoms with van der Waals surface area (Å²) < 4.78 is 27.0. The topological polar surface area (TPSA) is 70.9 Å². The van der Waals surface area contributed by atoms with Crippen molar-refractivity contribution in [2.75, 3.05) is 32.7 Å². The minimum Gasteiger partial charge on any atom is -0.351 e. The molecule has 0 bridgehead atoms. The molecule has 1 amide bonds. The molecule has 0 saturated carbocycles. The third kappa shape index (κ3) is 5.10. The van der Waals surface area contributed by atoms with E-state index in [-0.39, 0.29) is 21.9 Å². The molecule has 0 unspecified atom stereocenters. The number of quaternary nitrogens is 1. The Morgan fingerprint density at radius 1 is 1.19 bits per heavy atom. The molecule has 1 aromatic carbocycles. The SMILES string of the molecule is CC(C)CNC(=O)[C@@H](C)[NH+]1CCN(S(=O)(=O)c2ccc(Cl)c(Cl)c2)CC1. The third-order valence-electron chi connectivity index (χ3n) is 4.58. The van der Waals surface area contributed by atoms with Crippen LogP contribution in [-0.2, 0) is 14.8 Å². The first-order valence-electron chi connectivity index (χ1n) is 8.70. The second-order valence-electron chi connectivity index (χ2n) is 7.00. The molecule has 1 atom stereocenters. The van der Waals surface area contributed by atoms with E-state index in [1.165, 1.54) is 22.5 Å². The zero-order chi connectivity index (χ0) is 19.5. The second-order valence-corrected chi connectivity index (χ2v) is 9.75. The van der Waals surface area contributed by atoms with E-state index in [2.05, 4.69) is 5.32 Å². The predicted molar refractivity (Wildman–Crippen MR) is 103 cm³/mol. The zero-order valence-corrected chi connectivity index (χ0v) is 17.6. The minimum absolute atomic E-state index is 0.00879. The largest absolute Gasteiger partial charge is 0.351 e. The Hall–Kier alpha value is -0.860. The summed E-state index contributed by atoms with van der Waals surface area (Å²) in [6, 6.07) is 4.12. The number of carbonyl (C=O) groups is 1. The number of hydrogen-bond acceptors (Lipinski definition) is 3. The molecule has 2 rings (SSSR count). The first kappa shape index (κ1) is 21.4. The van der Waals surface area contributed by atoms with Gasteiger partial charge in [0.05, 0.1) is 41.1 Å². The van der Waals surface area contributed by atoms with Gasteiger partial charge in [-0.3, -0.25) is 4.79 Å². The lowest BCUT2D eigenvalue weighted by molar-refractivity contribution is -0.917. The van der Waals surface area contributed by atoms with Crippen molar-refractivity contribution in [2.45, 2.75) is 31.7 Å². The average molecular weight is 423 g/mol. The van der Waals surface area contributed by atoms with Crippen LogP contribution in [-0.4, -0.2) is 57.4 Å². The van der Waals surface area contributed by atoms with E-state index >= 15 is 0 Å². The van der Waals surface area contributed by atoms with E-state index in [1.54, 1.807) is 0 Å². The Balaban J connectivity index is 1.98. The summed E-state index contributed by atoms with van der Waals surface area (Å²) in [4.78, 5) is 13.5. The molecule has 2 N–H and O–H groups in total. The van der Waals surface area contributed by atoms with Crippen LogP contribution in [0, 0.1) is 5.92 Å². The van der Waals surface area contributed by atoms with E-state index in [1.807, 2.05) is 20.8 Å². The number of rotatable bonds is 6. The van der Waals surface area contributed by atoms with Gasteiger partial charge >= 0.3 is 0 Å². The molecule has 146 valence electrons. The normalized spacial score (nSPS) is 18.1. The number of hydrogen-bond donors (Lipinski definition) is 2. The van der Waals surface area contributed by atoms with Crippen molar-refractivity contribution < 1.29 is 18.1 Å². The van der Waals surface area contributed by atoms with Crippen LogP contribution in [0.3, 0.4) is 0 Å². The molecule has 6 nitrogen and oxygen atoms in total. The molecule has 1 saturated heterocycles. The lowest BCUT2D eigenvalue weighted by atomic mass is 10.2. The second kappa shape index (κ2) is 8.89. The Morgan fingerprint density at radius 3 is 2.35 bits per heavy atom. The number of nitrogens with one attached hydrogen (secondary N) is 2. The standard InChI is InChI=1S/C17H25Cl2N3O3S/c1-12(2)11-20-17(23)13(3)21-6-8-22(9-7-21)26(24,25)14-4-5-15(18)16(19)10-14/h4-5,10,12-13H,6-9,11H2,1-3H3,(H,20,23)/p+1/t13-/m1/s1. The fourth-order valence-electron chi connectivity index (χ4n) is 2.88. The molecule has 0 spiro atoms. The molecule has 26 heavy (non-hydrogen) atoms. The summed E-state index contributed by atoms with van der Waals surface area (Å²) >= 11 is 11.8. The minimum atomic E-state index is -3.62. The van der Waals surface area contributed by atoms with Gasteiger partial charge in [0.25, 0.3) is 5.91 Å². The highest BCUT2D eigenvalue weighted by Gasteiger charge is 2.34. The van der Waals surface area contributed by atoms with Crippen LogP contribution in [0.15, 0.2) is 23.1 Å². The average Bonchev–Trinajstić information content (AvgIpc) is 2.61. The van der Waals surface area contributed by atoms with Gasteiger partial charge in [0.2, 0.25) is 10.0 Å². The van der Waals surface area contributed by atoms with Crippen molar-refractivity contribution in [3.63, 3.8) is 0 Å². The zero-order valence-electron chi connectivity index (χ0n) is 15.3. The summed E-state index contributed by atoms with van der Waals surface area (Å²) in [5.41, 5.74) is 0. The lowest BCUT2D eigenvalue weighted by Gasteiger charge is -2.34. The quantitative estimate of drug-likeness (QED) is 0.719. The van der Waals surface area contributed by atoms with E-state index in [0.29, 0.717) is 43.7 Å². The van der Waals surface area contributed by atoms with Crippen LogP contribution in [0.4, 0.5) is 0 Å². The van der Waals surface area contributed by atoms with Gasteiger partial charge in [-0.1, -0.05) is 37.0 Å². The fourth-order valence-corrected chi connectivity index (χ4v) is 4.71. The molecule has 1 fully saturated rings. The number of benzene rings is 1. The van der Waals surface area contributed by atoms with Crippen LogP contribution in [0.25, 0.3) is 0 Å². The first-order chi connectivity index (χ1) is 12.1. The number of amides is 1. The van der Waals surface area contributed by atoms with Gasteiger partial charge in [0.15, 0.2) is 6.04 Å². The van der Waals surface area contributed by atoms with Crippen molar-refractivity contribution >= 4 is 39.1 Å². The van der Waals surface area contributed by atoms with Crippen LogP contribution in [0.2, 0.25) is 10.0 Å². The molecule has 0 radical (unpaired) electrons. The summed E-state index contributed by atoms with van der Waals surface area (Å²) in [5, 5.41) is 3.47. The first-order valence-corrected chi connectivity index (χ1v) is 10.9. The van der Waals surface area contributed by atoms with Crippen LogP contribution < -0.4 is 10.2 Å². The maximum absolute atomic E-state index is 12.8. The smallest absolute Gasteiger partial charge is 0.278 e. The van der Waals surface area contributed by atoms with Crippen LogP contribution in [0.1, 0.15) is 20.8 Å². The molecule has 1 aromatic rings. The highest BCUT2D eigenvalue weighted by molar-refractivity contribution is 7.89. The summed E-state index contributed by atoms with van der Waals surface area (Å²) in [5.74, 6) is 0.406. The van der Waals surface area contributed by atoms with E-state index in [4.69, 9.17) is 23.2 Å². The van der Waals surface area contributed by atoms with Gasteiger partial charge in [-0.15, -0.1) is 0 Å². The van der Waals surface area contributed by atoms with E-state index < -0.39 is 10.0 Å². The highest BCUT2D eigenvalue weighted by atomic mass is 35.5. The fraction of sp³-hybridized carbons (Fsp3) is 0.588. The number of carbonyl (C=O) groups excluding carboxylic acids is 1. The predicted octanol–water partition coefficient (Wildman–Crippen LogP) is 1.04. The summed E-state index contributed by atoms with van der Waals surface area (Å²) in [6.45, 7) is 8.50. The summed E-state index contributed by atoms with van der Waals surface area (Å²) in [7, 11) is -3.62. The molecule has 1 heterocycles. The monoisotopic (exact) mass is 422 g/mol. The van der Waals surface area contributed by atoms with Crippen LogP contribution >= 0.6 is 23.2 Å². The van der Waals surface area contributed by atoms with Gasteiger partial charge in [-0.05, 0) is 31.0 Å². The van der Waals surface area contributed by atoms with Crippen molar-refractivity contribution in [3.8, 4) is 0 Å². The van der Waals surface area contributed by atoms with Crippen molar-refractivity contribution in [3.05, 3.63) is 28.2 Å². The van der Waals surface area contributed by atoms with E-state index in [0.717, 1.165) is 4.90 Å². The van der Waals surface area contributed by atoms with Gasteiger partial charge in [0.1, 0.15) is 0 Å². The van der Waals surface area contributed by atoms with Crippen molar-refractivity contribution in [1.82, 2.24) is 9.62 Å². The van der Waals surface area contributed by atoms with Crippen molar-refractivity contribution in [1.29, 1.82) is 0 Å². The van der Waals surface area contributed by atoms with Gasteiger partial charge in [-0.25, -0.2) is 8.42 Å². The highest BCUT2D eigenvalue weighted by Crippen LogP contribution is 2.26. The van der Waals surface area contributed by atoms with Crippen LogP contribution in [0.5, 0.6) is 0 Å². The number of sulfonamides is 1. The number of halogens is 2. The Kier molecular flexibility index (Phi) is 7.33. The maximum Gasteiger partial charge on any atom is 0.278 e. The van der Waals surface area contributed by atoms with E-state index in [9.17, 15) is 13.2 Å². The molecule has 0 aromatic heterocycles. The van der Waals surface area contributed by atoms with Gasteiger partial charge in [-0.2, -0.15) is 4.31 Å². The molecular weight excluding hydrogens is 397 g/mol. The number of nitrogens with zero attached hydrogens (tertiary/aromatic N) is 1. The van der Waals surface area contributed by atoms with Gasteiger partial charge in [0, 0.05) is 6.54 Å². The molecular formula is C17H26Cl2N3O3S+.